The van der Waals surface area contributed by atoms with Crippen molar-refractivity contribution in [2.75, 3.05) is 38.2 Å². The first-order valence-corrected chi connectivity index (χ1v) is 8.79. The SMILES string of the molecule is COc1ccccc1C(=O)N1CCN(c2cc3c(nn2)CCC3)CC1. The van der Waals surface area contributed by atoms with Crippen molar-refractivity contribution in [3.8, 4) is 5.75 Å². The number of nitrogens with zero attached hydrogens (tertiary/aromatic N) is 4. The van der Waals surface area contributed by atoms with E-state index < -0.39 is 0 Å². The molecule has 1 saturated heterocycles. The zero-order valence-electron chi connectivity index (χ0n) is 14.4. The number of para-hydroxylation sites is 1. The quantitative estimate of drug-likeness (QED) is 0.856. The van der Waals surface area contributed by atoms with Gasteiger partial charge in [-0.2, -0.15) is 5.10 Å². The molecule has 0 bridgehead atoms. The Morgan fingerprint density at radius 3 is 2.68 bits per heavy atom. The lowest BCUT2D eigenvalue weighted by molar-refractivity contribution is 0.0743. The van der Waals surface area contributed by atoms with Crippen LogP contribution >= 0.6 is 0 Å². The largest absolute Gasteiger partial charge is 0.496 e. The molecule has 0 N–H and O–H groups in total. The summed E-state index contributed by atoms with van der Waals surface area (Å²) in [6.07, 6.45) is 3.32. The number of carbonyl (C=O) groups excluding carboxylic acids is 1. The van der Waals surface area contributed by atoms with Crippen LogP contribution in [0.4, 0.5) is 5.82 Å². The number of hydrogen-bond acceptors (Lipinski definition) is 5. The molecule has 0 radical (unpaired) electrons. The number of carbonyl (C=O) groups is 1. The number of aromatic nitrogens is 2. The molecule has 25 heavy (non-hydrogen) atoms. The molecule has 1 aromatic heterocycles. The number of fused-ring (bicyclic) bond motifs is 1. The number of methoxy groups -OCH3 is 1. The average Bonchev–Trinajstić information content (AvgIpc) is 3.15. The maximum atomic E-state index is 12.8. The van der Waals surface area contributed by atoms with Crippen LogP contribution in [0.1, 0.15) is 28.0 Å². The molecule has 2 heterocycles. The number of ether oxygens (including phenoxy) is 1. The molecule has 1 amide bonds. The van der Waals surface area contributed by atoms with Gasteiger partial charge in [0.15, 0.2) is 5.82 Å². The van der Waals surface area contributed by atoms with Crippen molar-refractivity contribution in [3.05, 3.63) is 47.2 Å². The molecule has 1 aliphatic carbocycles. The second kappa shape index (κ2) is 6.70. The fourth-order valence-electron chi connectivity index (χ4n) is 3.60. The van der Waals surface area contributed by atoms with Gasteiger partial charge >= 0.3 is 0 Å². The maximum Gasteiger partial charge on any atom is 0.257 e. The van der Waals surface area contributed by atoms with Crippen molar-refractivity contribution in [2.45, 2.75) is 19.3 Å². The molecule has 1 aliphatic heterocycles. The van der Waals surface area contributed by atoms with E-state index in [2.05, 4.69) is 21.2 Å². The minimum atomic E-state index is 0.0251. The zero-order chi connectivity index (χ0) is 17.2. The Morgan fingerprint density at radius 1 is 1.08 bits per heavy atom. The third-order valence-corrected chi connectivity index (χ3v) is 5.04. The Morgan fingerprint density at radius 2 is 1.88 bits per heavy atom. The molecule has 0 unspecified atom stereocenters. The van der Waals surface area contributed by atoms with E-state index >= 15 is 0 Å². The van der Waals surface area contributed by atoms with Gasteiger partial charge < -0.3 is 14.5 Å². The van der Waals surface area contributed by atoms with Gasteiger partial charge in [0.1, 0.15) is 5.75 Å². The molecule has 2 aliphatic rings. The Bertz CT molecular complexity index is 785. The van der Waals surface area contributed by atoms with Crippen LogP contribution in [-0.2, 0) is 12.8 Å². The molecular formula is C19H22N4O2. The summed E-state index contributed by atoms with van der Waals surface area (Å²) in [5.74, 6) is 1.58. The molecule has 4 rings (SSSR count). The van der Waals surface area contributed by atoms with Crippen molar-refractivity contribution in [3.63, 3.8) is 0 Å². The highest BCUT2D eigenvalue weighted by Crippen LogP contribution is 2.24. The normalized spacial score (nSPS) is 16.7. The van der Waals surface area contributed by atoms with Crippen LogP contribution in [0, 0.1) is 0 Å². The number of rotatable bonds is 3. The number of piperazine rings is 1. The Balaban J connectivity index is 1.44. The van der Waals surface area contributed by atoms with E-state index in [1.54, 1.807) is 7.11 Å². The van der Waals surface area contributed by atoms with E-state index in [-0.39, 0.29) is 5.91 Å². The summed E-state index contributed by atoms with van der Waals surface area (Å²) in [7, 11) is 1.59. The smallest absolute Gasteiger partial charge is 0.257 e. The molecule has 0 saturated carbocycles. The molecule has 2 aromatic rings. The van der Waals surface area contributed by atoms with Gasteiger partial charge in [-0.25, -0.2) is 0 Å². The van der Waals surface area contributed by atoms with E-state index in [9.17, 15) is 4.79 Å². The minimum Gasteiger partial charge on any atom is -0.496 e. The highest BCUT2D eigenvalue weighted by atomic mass is 16.5. The van der Waals surface area contributed by atoms with Crippen LogP contribution in [0.25, 0.3) is 0 Å². The van der Waals surface area contributed by atoms with Gasteiger partial charge in [0.2, 0.25) is 0 Å². The van der Waals surface area contributed by atoms with Gasteiger partial charge in [0, 0.05) is 26.2 Å². The Kier molecular flexibility index (Phi) is 4.26. The van der Waals surface area contributed by atoms with E-state index in [0.29, 0.717) is 24.4 Å². The highest BCUT2D eigenvalue weighted by Gasteiger charge is 2.25. The second-order valence-corrected chi connectivity index (χ2v) is 6.51. The third kappa shape index (κ3) is 3.04. The summed E-state index contributed by atoms with van der Waals surface area (Å²) < 4.78 is 5.31. The third-order valence-electron chi connectivity index (χ3n) is 5.04. The minimum absolute atomic E-state index is 0.0251. The summed E-state index contributed by atoms with van der Waals surface area (Å²) in [6, 6.07) is 9.56. The molecular weight excluding hydrogens is 316 g/mol. The number of benzene rings is 1. The predicted octanol–water partition coefficient (Wildman–Crippen LogP) is 1.94. The molecule has 1 fully saturated rings. The fourth-order valence-corrected chi connectivity index (χ4v) is 3.60. The van der Waals surface area contributed by atoms with Gasteiger partial charge in [-0.05, 0) is 43.0 Å². The van der Waals surface area contributed by atoms with E-state index in [0.717, 1.165) is 37.4 Å². The topological polar surface area (TPSA) is 58.6 Å². The number of hydrogen-bond donors (Lipinski definition) is 0. The van der Waals surface area contributed by atoms with Gasteiger partial charge in [-0.15, -0.1) is 5.10 Å². The molecule has 1 aromatic carbocycles. The second-order valence-electron chi connectivity index (χ2n) is 6.51. The van der Waals surface area contributed by atoms with Crippen molar-refractivity contribution in [1.29, 1.82) is 0 Å². The van der Waals surface area contributed by atoms with Crippen molar-refractivity contribution < 1.29 is 9.53 Å². The van der Waals surface area contributed by atoms with Crippen LogP contribution in [0.15, 0.2) is 30.3 Å². The van der Waals surface area contributed by atoms with Crippen LogP contribution in [0.5, 0.6) is 5.75 Å². The van der Waals surface area contributed by atoms with Gasteiger partial charge in [-0.1, -0.05) is 12.1 Å². The van der Waals surface area contributed by atoms with Gasteiger partial charge in [0.05, 0.1) is 18.4 Å². The molecule has 0 spiro atoms. The molecule has 6 heteroatoms. The summed E-state index contributed by atoms with van der Waals surface area (Å²) in [5.41, 5.74) is 3.10. The number of amides is 1. The summed E-state index contributed by atoms with van der Waals surface area (Å²) in [5, 5.41) is 8.75. The monoisotopic (exact) mass is 338 g/mol. The summed E-state index contributed by atoms with van der Waals surface area (Å²) in [4.78, 5) is 16.9. The maximum absolute atomic E-state index is 12.8. The lowest BCUT2D eigenvalue weighted by Gasteiger charge is -2.35. The number of aryl methyl sites for hydroxylation is 2. The van der Waals surface area contributed by atoms with Crippen molar-refractivity contribution >= 4 is 11.7 Å². The van der Waals surface area contributed by atoms with Gasteiger partial charge in [-0.3, -0.25) is 4.79 Å². The lowest BCUT2D eigenvalue weighted by Crippen LogP contribution is -2.49. The standard InChI is InChI=1S/C19H22N4O2/c1-25-17-8-3-2-6-15(17)19(24)23-11-9-22(10-12-23)18-13-14-5-4-7-16(14)20-21-18/h2-3,6,8,13H,4-5,7,9-12H2,1H3. The summed E-state index contributed by atoms with van der Waals surface area (Å²) in [6.45, 7) is 2.90. The molecule has 130 valence electrons. The first-order chi connectivity index (χ1) is 12.3. The fraction of sp³-hybridized carbons (Fsp3) is 0.421. The van der Waals surface area contributed by atoms with Crippen LogP contribution < -0.4 is 9.64 Å². The Hall–Kier alpha value is -2.63. The zero-order valence-corrected chi connectivity index (χ0v) is 14.4. The van der Waals surface area contributed by atoms with Crippen molar-refractivity contribution in [2.24, 2.45) is 0 Å². The van der Waals surface area contributed by atoms with Gasteiger partial charge in [0.25, 0.3) is 5.91 Å². The van der Waals surface area contributed by atoms with Crippen LogP contribution in [-0.4, -0.2) is 54.3 Å². The van der Waals surface area contributed by atoms with E-state index in [4.69, 9.17) is 4.74 Å². The van der Waals surface area contributed by atoms with E-state index in [1.165, 1.54) is 12.0 Å². The lowest BCUT2D eigenvalue weighted by atomic mass is 10.1. The predicted molar refractivity (Wildman–Crippen MR) is 95.2 cm³/mol. The van der Waals surface area contributed by atoms with E-state index in [1.807, 2.05) is 29.2 Å². The first kappa shape index (κ1) is 15.9. The molecule has 6 nitrogen and oxygen atoms in total. The summed E-state index contributed by atoms with van der Waals surface area (Å²) >= 11 is 0. The first-order valence-electron chi connectivity index (χ1n) is 8.79. The van der Waals surface area contributed by atoms with Crippen molar-refractivity contribution in [1.82, 2.24) is 15.1 Å². The average molecular weight is 338 g/mol. The van der Waals surface area contributed by atoms with Crippen LogP contribution in [0.3, 0.4) is 0 Å². The Labute approximate surface area is 147 Å². The molecule has 0 atom stereocenters. The number of anilines is 1. The highest BCUT2D eigenvalue weighted by molar-refractivity contribution is 5.97. The van der Waals surface area contributed by atoms with Crippen LogP contribution in [0.2, 0.25) is 0 Å².